The van der Waals surface area contributed by atoms with Crippen molar-refractivity contribution in [3.63, 3.8) is 0 Å². The van der Waals surface area contributed by atoms with Gasteiger partial charge in [-0.05, 0) is 40.9 Å². The summed E-state index contributed by atoms with van der Waals surface area (Å²) in [6, 6.07) is 6.56. The number of sulfonamides is 1. The van der Waals surface area contributed by atoms with E-state index in [4.69, 9.17) is 0 Å². The second-order valence-corrected chi connectivity index (χ2v) is 8.48. The van der Waals surface area contributed by atoms with Gasteiger partial charge in [-0.2, -0.15) is 5.10 Å². The number of benzene rings is 1. The Morgan fingerprint density at radius 1 is 1.24 bits per heavy atom. The Morgan fingerprint density at radius 2 is 1.88 bits per heavy atom. The molecule has 1 aromatic carbocycles. The van der Waals surface area contributed by atoms with E-state index in [1.807, 2.05) is 20.8 Å². The lowest BCUT2D eigenvalue weighted by Gasteiger charge is -2.08. The number of rotatable bonds is 7. The van der Waals surface area contributed by atoms with E-state index < -0.39 is 10.0 Å². The summed E-state index contributed by atoms with van der Waals surface area (Å²) in [5.41, 5.74) is 2.08. The van der Waals surface area contributed by atoms with Crippen LogP contribution in [0.25, 0.3) is 0 Å². The number of carbonyl (C=O) groups excluding carboxylic acids is 1. The highest BCUT2D eigenvalue weighted by molar-refractivity contribution is 9.10. The molecule has 1 heterocycles. The van der Waals surface area contributed by atoms with E-state index in [2.05, 4.69) is 36.2 Å². The largest absolute Gasteiger partial charge is 0.349 e. The molecule has 0 aliphatic heterocycles. The number of hydrogen-bond acceptors (Lipinski definition) is 4. The Balaban J connectivity index is 1.88. The third-order valence-electron chi connectivity index (χ3n) is 3.56. The molecule has 25 heavy (non-hydrogen) atoms. The van der Waals surface area contributed by atoms with Crippen molar-refractivity contribution in [2.75, 3.05) is 13.1 Å². The minimum absolute atomic E-state index is 0.0844. The van der Waals surface area contributed by atoms with Crippen LogP contribution in [0.3, 0.4) is 0 Å². The van der Waals surface area contributed by atoms with Crippen LogP contribution >= 0.6 is 15.9 Å². The number of aryl methyl sites for hydroxylation is 1. The summed E-state index contributed by atoms with van der Waals surface area (Å²) in [4.78, 5) is 12.3. The van der Waals surface area contributed by atoms with Gasteiger partial charge in [0.15, 0.2) is 5.69 Å². The summed E-state index contributed by atoms with van der Waals surface area (Å²) in [6.07, 6.45) is 0. The lowest BCUT2D eigenvalue weighted by Crippen LogP contribution is -2.35. The van der Waals surface area contributed by atoms with Crippen LogP contribution in [0.5, 0.6) is 0 Å². The molecule has 2 rings (SSSR count). The van der Waals surface area contributed by atoms with E-state index in [0.29, 0.717) is 4.47 Å². The number of aromatic nitrogens is 2. The van der Waals surface area contributed by atoms with Gasteiger partial charge in [0.25, 0.3) is 5.91 Å². The molecule has 0 radical (unpaired) electrons. The van der Waals surface area contributed by atoms with Crippen LogP contribution in [0.15, 0.2) is 33.6 Å². The predicted octanol–water partition coefficient (Wildman–Crippen LogP) is 2.31. The number of nitrogens with zero attached hydrogens (tertiary/aromatic N) is 1. The lowest BCUT2D eigenvalue weighted by molar-refractivity contribution is 0.0948. The number of H-pyrrole nitrogens is 1. The Kier molecular flexibility index (Phi) is 6.36. The minimum atomic E-state index is -3.59. The van der Waals surface area contributed by atoms with Crippen molar-refractivity contribution in [2.24, 2.45) is 0 Å². The molecule has 1 amide bonds. The maximum atomic E-state index is 12.1. The fourth-order valence-corrected chi connectivity index (χ4v) is 3.97. The molecule has 0 saturated heterocycles. The molecule has 0 saturated carbocycles. The quantitative estimate of drug-likeness (QED) is 0.588. The first kappa shape index (κ1) is 19.6. The third-order valence-corrected chi connectivity index (χ3v) is 5.84. The fraction of sp³-hybridized carbons (Fsp3) is 0.375. The van der Waals surface area contributed by atoms with Gasteiger partial charge in [0.2, 0.25) is 10.0 Å². The van der Waals surface area contributed by atoms with Gasteiger partial charge in [-0.3, -0.25) is 9.89 Å². The molecular formula is C16H21BrN4O3S. The van der Waals surface area contributed by atoms with E-state index in [1.54, 1.807) is 24.3 Å². The summed E-state index contributed by atoms with van der Waals surface area (Å²) in [7, 11) is -3.59. The highest BCUT2D eigenvalue weighted by Crippen LogP contribution is 2.25. The Hall–Kier alpha value is -1.71. The van der Waals surface area contributed by atoms with Crippen molar-refractivity contribution in [3.8, 4) is 0 Å². The van der Waals surface area contributed by atoms with E-state index in [9.17, 15) is 13.2 Å². The zero-order valence-corrected chi connectivity index (χ0v) is 16.7. The average Bonchev–Trinajstić information content (AvgIpc) is 2.93. The molecule has 0 spiro atoms. The molecule has 1 aromatic heterocycles. The SMILES string of the molecule is Cc1ccc(S(=O)(=O)NCCNC(=O)c2n[nH]c(C(C)C)c2Br)cc1. The number of carbonyl (C=O) groups is 1. The van der Waals surface area contributed by atoms with Crippen LogP contribution in [0.1, 0.15) is 41.5 Å². The van der Waals surface area contributed by atoms with Gasteiger partial charge in [-0.1, -0.05) is 31.5 Å². The van der Waals surface area contributed by atoms with Crippen LogP contribution in [0, 0.1) is 6.92 Å². The lowest BCUT2D eigenvalue weighted by atomic mass is 10.1. The summed E-state index contributed by atoms with van der Waals surface area (Å²) in [6.45, 7) is 6.10. The van der Waals surface area contributed by atoms with E-state index in [1.165, 1.54) is 0 Å². The van der Waals surface area contributed by atoms with E-state index in [0.717, 1.165) is 11.3 Å². The molecule has 0 bridgehead atoms. The van der Waals surface area contributed by atoms with E-state index >= 15 is 0 Å². The van der Waals surface area contributed by atoms with Gasteiger partial charge in [0.05, 0.1) is 15.1 Å². The molecule has 7 nitrogen and oxygen atoms in total. The molecule has 0 atom stereocenters. The van der Waals surface area contributed by atoms with Gasteiger partial charge in [-0.15, -0.1) is 0 Å². The molecule has 0 unspecified atom stereocenters. The van der Waals surface area contributed by atoms with Crippen molar-refractivity contribution in [2.45, 2.75) is 31.6 Å². The van der Waals surface area contributed by atoms with Gasteiger partial charge >= 0.3 is 0 Å². The first-order chi connectivity index (χ1) is 11.7. The molecule has 0 aliphatic carbocycles. The van der Waals surface area contributed by atoms with E-state index in [-0.39, 0.29) is 35.5 Å². The minimum Gasteiger partial charge on any atom is -0.349 e. The standard InChI is InChI=1S/C16H21BrN4O3S/c1-10(2)14-13(17)15(21-20-14)16(22)18-8-9-19-25(23,24)12-6-4-11(3)5-7-12/h4-7,10,19H,8-9H2,1-3H3,(H,18,22)(H,20,21). The van der Waals surface area contributed by atoms with Crippen molar-refractivity contribution >= 4 is 31.9 Å². The predicted molar refractivity (Wildman–Crippen MR) is 99.1 cm³/mol. The topological polar surface area (TPSA) is 104 Å². The van der Waals surface area contributed by atoms with Crippen LogP contribution < -0.4 is 10.0 Å². The normalized spacial score (nSPS) is 11.7. The molecule has 136 valence electrons. The molecular weight excluding hydrogens is 408 g/mol. The number of aromatic amines is 1. The smallest absolute Gasteiger partial charge is 0.273 e. The summed E-state index contributed by atoms with van der Waals surface area (Å²) >= 11 is 3.36. The van der Waals surface area contributed by atoms with Gasteiger partial charge in [-0.25, -0.2) is 13.1 Å². The molecule has 0 fully saturated rings. The number of nitrogens with one attached hydrogen (secondary N) is 3. The second kappa shape index (κ2) is 8.11. The van der Waals surface area contributed by atoms with Crippen LogP contribution in [-0.2, 0) is 10.0 Å². The summed E-state index contributed by atoms with van der Waals surface area (Å²) in [5, 5.41) is 9.47. The zero-order chi connectivity index (χ0) is 18.6. The molecule has 3 N–H and O–H groups in total. The Labute approximate surface area is 155 Å². The maximum absolute atomic E-state index is 12.1. The van der Waals surface area contributed by atoms with Crippen LogP contribution in [0.2, 0.25) is 0 Å². The van der Waals surface area contributed by atoms with Gasteiger partial charge in [0.1, 0.15) is 0 Å². The van der Waals surface area contributed by atoms with Crippen LogP contribution in [-0.4, -0.2) is 37.6 Å². The number of halogens is 1. The summed E-state index contributed by atoms with van der Waals surface area (Å²) in [5.74, 6) is -0.172. The van der Waals surface area contributed by atoms with Gasteiger partial charge < -0.3 is 5.32 Å². The first-order valence-electron chi connectivity index (χ1n) is 7.80. The highest BCUT2D eigenvalue weighted by Gasteiger charge is 2.19. The maximum Gasteiger partial charge on any atom is 0.273 e. The second-order valence-electron chi connectivity index (χ2n) is 5.92. The van der Waals surface area contributed by atoms with Crippen molar-refractivity contribution in [3.05, 3.63) is 45.7 Å². The highest BCUT2D eigenvalue weighted by atomic mass is 79.9. The average molecular weight is 429 g/mol. The zero-order valence-electron chi connectivity index (χ0n) is 14.3. The van der Waals surface area contributed by atoms with Crippen molar-refractivity contribution in [1.29, 1.82) is 0 Å². The monoisotopic (exact) mass is 428 g/mol. The Morgan fingerprint density at radius 3 is 2.44 bits per heavy atom. The van der Waals surface area contributed by atoms with Crippen LogP contribution in [0.4, 0.5) is 0 Å². The molecule has 9 heteroatoms. The van der Waals surface area contributed by atoms with Crippen molar-refractivity contribution in [1.82, 2.24) is 20.2 Å². The Bertz CT molecular complexity index is 845. The van der Waals surface area contributed by atoms with Crippen molar-refractivity contribution < 1.29 is 13.2 Å². The van der Waals surface area contributed by atoms with Gasteiger partial charge in [0, 0.05) is 13.1 Å². The third kappa shape index (κ3) is 4.90. The first-order valence-corrected chi connectivity index (χ1v) is 10.1. The molecule has 0 aliphatic rings. The number of hydrogen-bond donors (Lipinski definition) is 3. The molecule has 2 aromatic rings. The summed E-state index contributed by atoms with van der Waals surface area (Å²) < 4.78 is 27.4. The fourth-order valence-electron chi connectivity index (χ4n) is 2.12. The number of amides is 1.